The van der Waals surface area contributed by atoms with Gasteiger partial charge in [0.25, 0.3) is 0 Å². The molecule has 4 rings (SSSR count). The van der Waals surface area contributed by atoms with Crippen LogP contribution >= 0.6 is 0 Å². The first kappa shape index (κ1) is 20.4. The number of halogens is 3. The Kier molecular flexibility index (Phi) is 4.84. The Balaban J connectivity index is 1.56. The average Bonchev–Trinajstić information content (AvgIpc) is 3.18. The van der Waals surface area contributed by atoms with Gasteiger partial charge in [-0.1, -0.05) is 12.1 Å². The molecule has 2 N–H and O–H groups in total. The molecule has 7 nitrogen and oxygen atoms in total. The molecule has 0 spiro atoms. The zero-order chi connectivity index (χ0) is 21.7. The number of hydrogen-bond donors (Lipinski definition) is 1. The molecule has 1 aromatic carbocycles. The number of benzene rings is 1. The number of methoxy groups -OCH3 is 1. The Morgan fingerprint density at radius 2 is 1.87 bits per heavy atom. The predicted molar refractivity (Wildman–Crippen MR) is 104 cm³/mol. The zero-order valence-corrected chi connectivity index (χ0v) is 16.6. The Morgan fingerprint density at radius 3 is 2.53 bits per heavy atom. The monoisotopic (exact) mass is 421 g/mol. The maximum Gasteiger partial charge on any atom is 0.418 e. The predicted octanol–water partition coefficient (Wildman–Crippen LogP) is 2.24. The van der Waals surface area contributed by atoms with Gasteiger partial charge < -0.3 is 20.3 Å². The molecule has 160 valence electrons. The van der Waals surface area contributed by atoms with E-state index in [2.05, 4.69) is 9.97 Å². The summed E-state index contributed by atoms with van der Waals surface area (Å²) in [7, 11) is 1.28. The van der Waals surface area contributed by atoms with Crippen LogP contribution in [0.5, 0.6) is 0 Å². The van der Waals surface area contributed by atoms with E-state index in [1.165, 1.54) is 19.2 Å². The number of anilines is 2. The topological polar surface area (TPSA) is 84.6 Å². The standard InChI is InChI=1S/C20H22F3N5O2/c1-12-7-15(17(29)30-2)26-18(25-12)28-9-13-8-27(10-19(13,24)11-28)16-6-4-3-5-14(16)20(21,22)23/h3-7,13H,8-11,24H2,1-2H3. The van der Waals surface area contributed by atoms with Crippen molar-refractivity contribution in [2.45, 2.75) is 18.6 Å². The second kappa shape index (κ2) is 7.12. The van der Waals surface area contributed by atoms with Crippen molar-refractivity contribution in [2.75, 3.05) is 43.1 Å². The summed E-state index contributed by atoms with van der Waals surface area (Å²) in [4.78, 5) is 24.1. The molecule has 0 aliphatic carbocycles. The first-order valence-corrected chi connectivity index (χ1v) is 9.50. The van der Waals surface area contributed by atoms with E-state index in [-0.39, 0.29) is 23.8 Å². The van der Waals surface area contributed by atoms with Crippen molar-refractivity contribution < 1.29 is 22.7 Å². The van der Waals surface area contributed by atoms with Gasteiger partial charge in [0.05, 0.1) is 18.2 Å². The average molecular weight is 421 g/mol. The Bertz CT molecular complexity index is 983. The van der Waals surface area contributed by atoms with E-state index >= 15 is 0 Å². The maximum absolute atomic E-state index is 13.4. The van der Waals surface area contributed by atoms with E-state index in [1.807, 2.05) is 4.90 Å². The van der Waals surface area contributed by atoms with Crippen molar-refractivity contribution >= 4 is 17.6 Å². The largest absolute Gasteiger partial charge is 0.464 e. The van der Waals surface area contributed by atoms with Crippen LogP contribution in [-0.2, 0) is 10.9 Å². The van der Waals surface area contributed by atoms with E-state index in [4.69, 9.17) is 10.5 Å². The van der Waals surface area contributed by atoms with Crippen molar-refractivity contribution in [3.63, 3.8) is 0 Å². The van der Waals surface area contributed by atoms with Gasteiger partial charge in [0, 0.05) is 43.5 Å². The second-order valence-corrected chi connectivity index (χ2v) is 7.89. The molecule has 1 aromatic heterocycles. The van der Waals surface area contributed by atoms with Crippen LogP contribution in [0.3, 0.4) is 0 Å². The Hall–Kier alpha value is -2.88. The van der Waals surface area contributed by atoms with Crippen molar-refractivity contribution in [3.05, 3.63) is 47.3 Å². The molecule has 0 bridgehead atoms. The number of nitrogens with two attached hydrogens (primary N) is 1. The lowest BCUT2D eigenvalue weighted by Crippen LogP contribution is -2.49. The number of para-hydroxylation sites is 1. The van der Waals surface area contributed by atoms with E-state index in [1.54, 1.807) is 24.0 Å². The molecule has 0 amide bonds. The first-order valence-electron chi connectivity index (χ1n) is 9.50. The number of esters is 1. The molecule has 3 heterocycles. The fourth-order valence-corrected chi connectivity index (χ4v) is 4.33. The zero-order valence-electron chi connectivity index (χ0n) is 16.6. The lowest BCUT2D eigenvalue weighted by atomic mass is 9.92. The lowest BCUT2D eigenvalue weighted by Gasteiger charge is -2.28. The van der Waals surface area contributed by atoms with Crippen molar-refractivity contribution in [1.82, 2.24) is 9.97 Å². The fraction of sp³-hybridized carbons (Fsp3) is 0.450. The van der Waals surface area contributed by atoms with Gasteiger partial charge in [-0.15, -0.1) is 0 Å². The van der Waals surface area contributed by atoms with Crippen LogP contribution in [0.1, 0.15) is 21.7 Å². The third kappa shape index (κ3) is 3.55. The normalized spacial score (nSPS) is 23.6. The molecule has 10 heteroatoms. The van der Waals surface area contributed by atoms with E-state index in [9.17, 15) is 18.0 Å². The van der Waals surface area contributed by atoms with Crippen LogP contribution < -0.4 is 15.5 Å². The van der Waals surface area contributed by atoms with Gasteiger partial charge in [0.15, 0.2) is 5.69 Å². The van der Waals surface area contributed by atoms with Crippen LogP contribution in [0.4, 0.5) is 24.8 Å². The molecule has 0 radical (unpaired) electrons. The minimum absolute atomic E-state index is 0.0653. The number of carbonyl (C=O) groups is 1. The quantitative estimate of drug-likeness (QED) is 0.761. The summed E-state index contributed by atoms with van der Waals surface area (Å²) in [5.74, 6) is -0.250. The summed E-state index contributed by atoms with van der Waals surface area (Å²) in [5, 5.41) is 0. The number of carbonyl (C=O) groups excluding carboxylic acids is 1. The molecule has 0 saturated carbocycles. The molecule has 2 aliphatic heterocycles. The molecule has 2 aliphatic rings. The van der Waals surface area contributed by atoms with Gasteiger partial charge >= 0.3 is 12.1 Å². The summed E-state index contributed by atoms with van der Waals surface area (Å²) in [6.45, 7) is 3.31. The molecular formula is C20H22F3N5O2. The van der Waals surface area contributed by atoms with E-state index in [0.717, 1.165) is 6.07 Å². The number of nitrogens with zero attached hydrogens (tertiary/aromatic N) is 4. The summed E-state index contributed by atoms with van der Waals surface area (Å²) in [6.07, 6.45) is -4.43. The molecule has 30 heavy (non-hydrogen) atoms. The molecule has 2 fully saturated rings. The number of rotatable bonds is 3. The minimum Gasteiger partial charge on any atom is -0.464 e. The van der Waals surface area contributed by atoms with E-state index in [0.29, 0.717) is 31.3 Å². The highest BCUT2D eigenvalue weighted by Gasteiger charge is 2.51. The third-order valence-electron chi connectivity index (χ3n) is 5.73. The molecule has 2 unspecified atom stereocenters. The van der Waals surface area contributed by atoms with Crippen molar-refractivity contribution in [2.24, 2.45) is 11.7 Å². The SMILES string of the molecule is COC(=O)c1cc(C)nc(N2CC3CN(c4ccccc4C(F)(F)F)CC3(N)C2)n1. The number of fused-ring (bicyclic) bond motifs is 1. The van der Waals surface area contributed by atoms with Gasteiger partial charge in [-0.3, -0.25) is 0 Å². The molecule has 2 aromatic rings. The van der Waals surface area contributed by atoms with E-state index < -0.39 is 23.2 Å². The summed E-state index contributed by atoms with van der Waals surface area (Å²) in [6, 6.07) is 7.10. The minimum atomic E-state index is -4.43. The van der Waals surface area contributed by atoms with Crippen LogP contribution in [0, 0.1) is 12.8 Å². The summed E-state index contributed by atoms with van der Waals surface area (Å²) in [5.41, 5.74) is 6.18. The maximum atomic E-state index is 13.4. The molecule has 2 saturated heterocycles. The smallest absolute Gasteiger partial charge is 0.418 e. The van der Waals surface area contributed by atoms with Crippen LogP contribution in [0.2, 0.25) is 0 Å². The highest BCUT2D eigenvalue weighted by Crippen LogP contribution is 2.42. The van der Waals surface area contributed by atoms with Gasteiger partial charge in [0.1, 0.15) is 0 Å². The molecule has 2 atom stereocenters. The van der Waals surface area contributed by atoms with Gasteiger partial charge in [-0.05, 0) is 25.1 Å². The summed E-state index contributed by atoms with van der Waals surface area (Å²) >= 11 is 0. The molecular weight excluding hydrogens is 399 g/mol. The van der Waals surface area contributed by atoms with Crippen LogP contribution in [0.15, 0.2) is 30.3 Å². The van der Waals surface area contributed by atoms with Crippen LogP contribution in [-0.4, -0.2) is 54.8 Å². The van der Waals surface area contributed by atoms with Gasteiger partial charge in [0.2, 0.25) is 5.95 Å². The lowest BCUT2D eigenvalue weighted by molar-refractivity contribution is -0.137. The Morgan fingerprint density at radius 1 is 1.20 bits per heavy atom. The Labute approximate surface area is 171 Å². The van der Waals surface area contributed by atoms with Crippen molar-refractivity contribution in [3.8, 4) is 0 Å². The highest BCUT2D eigenvalue weighted by molar-refractivity contribution is 5.87. The highest BCUT2D eigenvalue weighted by atomic mass is 19.4. The van der Waals surface area contributed by atoms with Gasteiger partial charge in [-0.2, -0.15) is 13.2 Å². The summed E-state index contributed by atoms with van der Waals surface area (Å²) < 4.78 is 45.0. The second-order valence-electron chi connectivity index (χ2n) is 7.89. The van der Waals surface area contributed by atoms with Crippen LogP contribution in [0.25, 0.3) is 0 Å². The number of ether oxygens (including phenoxy) is 1. The number of aromatic nitrogens is 2. The third-order valence-corrected chi connectivity index (χ3v) is 5.73. The van der Waals surface area contributed by atoms with Crippen molar-refractivity contribution in [1.29, 1.82) is 0 Å². The number of aryl methyl sites for hydroxylation is 1. The first-order chi connectivity index (χ1) is 14.1. The number of hydrogen-bond acceptors (Lipinski definition) is 7. The van der Waals surface area contributed by atoms with Gasteiger partial charge in [-0.25, -0.2) is 14.8 Å². The number of alkyl halides is 3. The fourth-order valence-electron chi connectivity index (χ4n) is 4.33.